The maximum atomic E-state index is 12.3. The second-order valence-electron chi connectivity index (χ2n) is 5.18. The summed E-state index contributed by atoms with van der Waals surface area (Å²) in [5, 5.41) is 8.50. The SMILES string of the molecule is COCCCN1C(=O)S/C(=C/c2cc(Cl)c(OCC(=O)O)c(Cl)c2)C1=O. The number of hydrogen-bond donors (Lipinski definition) is 1. The first kappa shape index (κ1) is 20.6. The fourth-order valence-electron chi connectivity index (χ4n) is 2.15. The molecule has 0 aromatic heterocycles. The molecule has 1 saturated heterocycles. The lowest BCUT2D eigenvalue weighted by molar-refractivity contribution is -0.139. The third kappa shape index (κ3) is 5.14. The molecular weight excluding hydrogens is 405 g/mol. The zero-order valence-electron chi connectivity index (χ0n) is 13.7. The molecule has 2 rings (SSSR count). The molecule has 7 nitrogen and oxygen atoms in total. The summed E-state index contributed by atoms with van der Waals surface area (Å²) in [5.74, 6) is -1.52. The largest absolute Gasteiger partial charge is 0.479 e. The fraction of sp³-hybridized carbons (Fsp3) is 0.312. The van der Waals surface area contributed by atoms with Gasteiger partial charge in [-0.3, -0.25) is 14.5 Å². The molecule has 1 heterocycles. The minimum Gasteiger partial charge on any atom is -0.479 e. The number of benzene rings is 1. The Kier molecular flexibility index (Phi) is 7.33. The Hall–Kier alpha value is -1.74. The smallest absolute Gasteiger partial charge is 0.341 e. The van der Waals surface area contributed by atoms with E-state index >= 15 is 0 Å². The zero-order valence-corrected chi connectivity index (χ0v) is 16.0. The van der Waals surface area contributed by atoms with Crippen molar-refractivity contribution >= 4 is 58.2 Å². The van der Waals surface area contributed by atoms with Crippen molar-refractivity contribution in [3.05, 3.63) is 32.6 Å². The van der Waals surface area contributed by atoms with Gasteiger partial charge in [-0.1, -0.05) is 23.2 Å². The van der Waals surface area contributed by atoms with E-state index in [1.807, 2.05) is 0 Å². The van der Waals surface area contributed by atoms with Crippen LogP contribution in [-0.2, 0) is 14.3 Å². The first-order chi connectivity index (χ1) is 12.3. The standard InChI is InChI=1S/C16H15Cl2NO6S/c1-24-4-2-3-19-15(22)12(26-16(19)23)7-9-5-10(17)14(11(18)6-9)25-8-13(20)21/h5-7H,2-4,8H2,1H3,(H,20,21)/b12-7+. The third-order valence-electron chi connectivity index (χ3n) is 3.26. The molecule has 0 atom stereocenters. The van der Waals surface area contributed by atoms with Crippen LogP contribution in [0.4, 0.5) is 4.79 Å². The van der Waals surface area contributed by atoms with Gasteiger partial charge in [-0.15, -0.1) is 0 Å². The van der Waals surface area contributed by atoms with Crippen LogP contribution in [0.3, 0.4) is 0 Å². The van der Waals surface area contributed by atoms with Crippen molar-refractivity contribution in [3.63, 3.8) is 0 Å². The number of ether oxygens (including phenoxy) is 2. The minimum atomic E-state index is -1.16. The van der Waals surface area contributed by atoms with Gasteiger partial charge in [0.2, 0.25) is 0 Å². The van der Waals surface area contributed by atoms with Gasteiger partial charge in [0.15, 0.2) is 12.4 Å². The molecular formula is C16H15Cl2NO6S. The van der Waals surface area contributed by atoms with Gasteiger partial charge in [-0.25, -0.2) is 4.79 Å². The predicted molar refractivity (Wildman–Crippen MR) is 98.8 cm³/mol. The maximum absolute atomic E-state index is 12.3. The molecule has 0 unspecified atom stereocenters. The third-order valence-corrected chi connectivity index (χ3v) is 4.73. The molecule has 1 N–H and O–H groups in total. The molecule has 0 aliphatic carbocycles. The Morgan fingerprint density at radius 2 is 1.96 bits per heavy atom. The second kappa shape index (κ2) is 9.27. The number of methoxy groups -OCH3 is 1. The molecule has 0 saturated carbocycles. The van der Waals surface area contributed by atoms with Gasteiger partial charge in [-0.05, 0) is 42.0 Å². The molecule has 140 valence electrons. The van der Waals surface area contributed by atoms with E-state index in [2.05, 4.69) is 0 Å². The summed E-state index contributed by atoms with van der Waals surface area (Å²) in [4.78, 5) is 36.3. The summed E-state index contributed by atoms with van der Waals surface area (Å²) in [7, 11) is 1.55. The Bertz CT molecular complexity index is 744. The number of thioether (sulfide) groups is 1. The van der Waals surface area contributed by atoms with E-state index in [9.17, 15) is 14.4 Å². The van der Waals surface area contributed by atoms with E-state index in [4.69, 9.17) is 37.8 Å². The van der Waals surface area contributed by atoms with Crippen molar-refractivity contribution in [2.75, 3.05) is 26.9 Å². The Morgan fingerprint density at radius 3 is 2.54 bits per heavy atom. The van der Waals surface area contributed by atoms with E-state index in [0.717, 1.165) is 16.7 Å². The number of carboxylic acids is 1. The maximum Gasteiger partial charge on any atom is 0.341 e. The minimum absolute atomic E-state index is 0.0422. The summed E-state index contributed by atoms with van der Waals surface area (Å²) in [6, 6.07) is 2.95. The molecule has 1 fully saturated rings. The lowest BCUT2D eigenvalue weighted by Crippen LogP contribution is -2.29. The van der Waals surface area contributed by atoms with Gasteiger partial charge in [0.1, 0.15) is 0 Å². The molecule has 2 amide bonds. The number of carbonyl (C=O) groups is 3. The van der Waals surface area contributed by atoms with Gasteiger partial charge in [-0.2, -0.15) is 0 Å². The van der Waals surface area contributed by atoms with Crippen LogP contribution in [0.5, 0.6) is 5.75 Å². The molecule has 1 aromatic carbocycles. The highest BCUT2D eigenvalue weighted by Gasteiger charge is 2.34. The zero-order chi connectivity index (χ0) is 19.3. The van der Waals surface area contributed by atoms with Crippen LogP contribution in [0.15, 0.2) is 17.0 Å². The van der Waals surface area contributed by atoms with Crippen molar-refractivity contribution in [3.8, 4) is 5.75 Å². The number of nitrogens with zero attached hydrogens (tertiary/aromatic N) is 1. The average molecular weight is 420 g/mol. The molecule has 0 bridgehead atoms. The van der Waals surface area contributed by atoms with Crippen LogP contribution in [0.2, 0.25) is 10.0 Å². The monoisotopic (exact) mass is 419 g/mol. The number of halogens is 2. The highest BCUT2D eigenvalue weighted by molar-refractivity contribution is 8.18. The summed E-state index contributed by atoms with van der Waals surface area (Å²) in [6.07, 6.45) is 2.05. The molecule has 1 aliphatic heterocycles. The van der Waals surface area contributed by atoms with Crippen molar-refractivity contribution in [2.45, 2.75) is 6.42 Å². The van der Waals surface area contributed by atoms with Gasteiger partial charge >= 0.3 is 5.97 Å². The van der Waals surface area contributed by atoms with Gasteiger partial charge in [0.25, 0.3) is 11.1 Å². The van der Waals surface area contributed by atoms with Gasteiger partial charge in [0, 0.05) is 20.3 Å². The summed E-state index contributed by atoms with van der Waals surface area (Å²) >= 11 is 13.0. The fourth-order valence-corrected chi connectivity index (χ4v) is 3.62. The molecule has 1 aromatic rings. The lowest BCUT2D eigenvalue weighted by atomic mass is 10.2. The van der Waals surface area contributed by atoms with Crippen LogP contribution >= 0.6 is 35.0 Å². The quantitative estimate of drug-likeness (QED) is 0.508. The average Bonchev–Trinajstić information content (AvgIpc) is 2.81. The van der Waals surface area contributed by atoms with E-state index in [-0.39, 0.29) is 32.5 Å². The van der Waals surface area contributed by atoms with Crippen LogP contribution in [0.25, 0.3) is 6.08 Å². The number of aliphatic carboxylic acids is 1. The van der Waals surface area contributed by atoms with E-state index in [1.54, 1.807) is 7.11 Å². The van der Waals surface area contributed by atoms with Crippen LogP contribution in [0.1, 0.15) is 12.0 Å². The number of carbonyl (C=O) groups excluding carboxylic acids is 2. The lowest BCUT2D eigenvalue weighted by Gasteiger charge is -2.11. The Labute approximate surface area is 163 Å². The van der Waals surface area contributed by atoms with Gasteiger partial charge < -0.3 is 14.6 Å². The highest BCUT2D eigenvalue weighted by atomic mass is 35.5. The Balaban J connectivity index is 2.18. The van der Waals surface area contributed by atoms with E-state index < -0.39 is 18.5 Å². The number of rotatable bonds is 8. The molecule has 26 heavy (non-hydrogen) atoms. The van der Waals surface area contributed by atoms with Crippen molar-refractivity contribution in [2.24, 2.45) is 0 Å². The topological polar surface area (TPSA) is 93.1 Å². The normalized spacial score (nSPS) is 15.8. The van der Waals surface area contributed by atoms with Crippen molar-refractivity contribution in [1.29, 1.82) is 0 Å². The number of hydrogen-bond acceptors (Lipinski definition) is 6. The first-order valence-corrected chi connectivity index (χ1v) is 8.98. The van der Waals surface area contributed by atoms with Crippen LogP contribution in [-0.4, -0.2) is 54.0 Å². The van der Waals surface area contributed by atoms with E-state index in [1.165, 1.54) is 18.2 Å². The van der Waals surface area contributed by atoms with E-state index in [0.29, 0.717) is 18.6 Å². The summed E-state index contributed by atoms with van der Waals surface area (Å²) < 4.78 is 9.95. The summed E-state index contributed by atoms with van der Waals surface area (Å²) in [5.41, 5.74) is 0.491. The van der Waals surface area contributed by atoms with Crippen molar-refractivity contribution < 1.29 is 29.0 Å². The highest BCUT2D eigenvalue weighted by Crippen LogP contribution is 2.37. The molecule has 0 radical (unpaired) electrons. The Morgan fingerprint density at radius 1 is 1.31 bits per heavy atom. The number of carboxylic acid groups (broad SMARTS) is 1. The second-order valence-corrected chi connectivity index (χ2v) is 6.98. The summed E-state index contributed by atoms with van der Waals surface area (Å²) in [6.45, 7) is 0.141. The number of amides is 2. The molecule has 1 aliphatic rings. The van der Waals surface area contributed by atoms with Crippen molar-refractivity contribution in [1.82, 2.24) is 4.90 Å². The van der Waals surface area contributed by atoms with Gasteiger partial charge in [0.05, 0.1) is 15.0 Å². The first-order valence-electron chi connectivity index (χ1n) is 7.41. The van der Waals surface area contributed by atoms with Crippen LogP contribution in [0, 0.1) is 0 Å². The number of imide groups is 1. The molecule has 0 spiro atoms. The predicted octanol–water partition coefficient (Wildman–Crippen LogP) is 3.53. The molecule has 10 heteroatoms. The van der Waals surface area contributed by atoms with Crippen LogP contribution < -0.4 is 4.74 Å².